The van der Waals surface area contributed by atoms with Gasteiger partial charge in [0.25, 0.3) is 0 Å². The molecule has 3 heteroatoms. The molecule has 0 bridgehead atoms. The zero-order valence-corrected chi connectivity index (χ0v) is 16.3. The summed E-state index contributed by atoms with van der Waals surface area (Å²) in [6.07, 6.45) is 0.0216. The molecular weight excluding hydrogens is 334 g/mol. The molecule has 0 saturated heterocycles. The first-order valence-corrected chi connectivity index (χ1v) is 9.34. The Morgan fingerprint density at radius 3 is 2.33 bits per heavy atom. The van der Waals surface area contributed by atoms with Gasteiger partial charge in [0.1, 0.15) is 17.6 Å². The molecule has 0 amide bonds. The molecule has 1 aliphatic rings. The molecule has 3 aromatic carbocycles. The third-order valence-electron chi connectivity index (χ3n) is 5.53. The Hall–Kier alpha value is -2.94. The van der Waals surface area contributed by atoms with Gasteiger partial charge in [-0.15, -0.1) is 0 Å². The Morgan fingerprint density at radius 1 is 0.889 bits per heavy atom. The summed E-state index contributed by atoms with van der Waals surface area (Å²) in [6.45, 7) is 7.22. The van der Waals surface area contributed by atoms with Gasteiger partial charge in [0.05, 0.1) is 19.3 Å². The lowest BCUT2D eigenvalue weighted by Crippen LogP contribution is -2.25. The zero-order valence-electron chi connectivity index (χ0n) is 16.3. The third kappa shape index (κ3) is 2.93. The molecule has 1 aliphatic heterocycles. The van der Waals surface area contributed by atoms with E-state index in [1.54, 1.807) is 7.11 Å². The lowest BCUT2D eigenvalue weighted by molar-refractivity contribution is 0.208. The summed E-state index contributed by atoms with van der Waals surface area (Å²) in [5.41, 5.74) is 8.22. The topological polar surface area (TPSA) is 30.5 Å². The van der Waals surface area contributed by atoms with Gasteiger partial charge in [0.15, 0.2) is 0 Å². The molecule has 3 nitrogen and oxygen atoms in total. The predicted octanol–water partition coefficient (Wildman–Crippen LogP) is 5.83. The van der Waals surface area contributed by atoms with E-state index in [9.17, 15) is 0 Å². The molecule has 0 radical (unpaired) electrons. The minimum atomic E-state index is 0.0216. The first-order chi connectivity index (χ1) is 13.1. The van der Waals surface area contributed by atoms with E-state index in [0.717, 1.165) is 29.3 Å². The van der Waals surface area contributed by atoms with Crippen molar-refractivity contribution >= 4 is 5.69 Å². The summed E-state index contributed by atoms with van der Waals surface area (Å²) in [5, 5.41) is 3.63. The van der Waals surface area contributed by atoms with E-state index in [4.69, 9.17) is 9.47 Å². The molecule has 3 aromatic rings. The maximum absolute atomic E-state index is 6.46. The quantitative estimate of drug-likeness (QED) is 0.638. The largest absolute Gasteiger partial charge is 0.496 e. The van der Waals surface area contributed by atoms with E-state index in [2.05, 4.69) is 62.5 Å². The van der Waals surface area contributed by atoms with Crippen molar-refractivity contribution in [2.45, 2.75) is 26.9 Å². The number of hydrogen-bond acceptors (Lipinski definition) is 3. The lowest BCUT2D eigenvalue weighted by atomic mass is 9.89. The minimum absolute atomic E-state index is 0.0216. The maximum atomic E-state index is 6.46. The molecule has 1 unspecified atom stereocenters. The van der Waals surface area contributed by atoms with Crippen LogP contribution in [0.15, 0.2) is 54.6 Å². The van der Waals surface area contributed by atoms with Crippen molar-refractivity contribution < 1.29 is 9.47 Å². The van der Waals surface area contributed by atoms with Crippen LogP contribution in [0.2, 0.25) is 0 Å². The number of fused-ring (bicyclic) bond motifs is 1. The van der Waals surface area contributed by atoms with Crippen LogP contribution in [0, 0.1) is 20.8 Å². The van der Waals surface area contributed by atoms with Crippen LogP contribution in [0.5, 0.6) is 11.5 Å². The summed E-state index contributed by atoms with van der Waals surface area (Å²) in [6, 6.07) is 18.6. The van der Waals surface area contributed by atoms with E-state index in [1.165, 1.54) is 27.8 Å². The first-order valence-electron chi connectivity index (χ1n) is 9.34. The molecule has 0 saturated carbocycles. The average molecular weight is 359 g/mol. The molecule has 0 aromatic heterocycles. The highest BCUT2D eigenvalue weighted by Gasteiger charge is 2.27. The Balaban J connectivity index is 1.83. The van der Waals surface area contributed by atoms with Gasteiger partial charge in [-0.05, 0) is 54.7 Å². The van der Waals surface area contributed by atoms with Crippen LogP contribution in [-0.2, 0) is 0 Å². The van der Waals surface area contributed by atoms with Crippen LogP contribution < -0.4 is 14.8 Å². The van der Waals surface area contributed by atoms with Crippen LogP contribution in [0.25, 0.3) is 11.1 Å². The van der Waals surface area contributed by atoms with Gasteiger partial charge in [0.2, 0.25) is 0 Å². The second kappa shape index (κ2) is 6.99. The number of ether oxygens (including phenoxy) is 2. The summed E-state index contributed by atoms with van der Waals surface area (Å²) in [5.74, 6) is 1.85. The van der Waals surface area contributed by atoms with Crippen LogP contribution in [0.1, 0.15) is 28.4 Å². The monoisotopic (exact) mass is 359 g/mol. The number of benzene rings is 3. The van der Waals surface area contributed by atoms with Crippen LogP contribution in [-0.4, -0.2) is 13.7 Å². The summed E-state index contributed by atoms with van der Waals surface area (Å²) >= 11 is 0. The van der Waals surface area contributed by atoms with E-state index >= 15 is 0 Å². The number of hydrogen-bond donors (Lipinski definition) is 1. The Labute approximate surface area is 161 Å². The first kappa shape index (κ1) is 17.5. The van der Waals surface area contributed by atoms with Gasteiger partial charge < -0.3 is 14.8 Å². The Bertz CT molecular complexity index is 979. The molecule has 1 heterocycles. The van der Waals surface area contributed by atoms with Gasteiger partial charge in [-0.3, -0.25) is 0 Å². The fourth-order valence-electron chi connectivity index (χ4n) is 3.97. The predicted molar refractivity (Wildman–Crippen MR) is 111 cm³/mol. The molecule has 1 atom stereocenters. The van der Waals surface area contributed by atoms with E-state index < -0.39 is 0 Å². The molecular formula is C24H25NO2. The van der Waals surface area contributed by atoms with Crippen LogP contribution in [0.4, 0.5) is 5.69 Å². The average Bonchev–Trinajstić information content (AvgIpc) is 2.73. The molecule has 0 fully saturated rings. The number of anilines is 1. The van der Waals surface area contributed by atoms with Crippen molar-refractivity contribution in [2.24, 2.45) is 0 Å². The third-order valence-corrected chi connectivity index (χ3v) is 5.53. The van der Waals surface area contributed by atoms with Gasteiger partial charge in [0, 0.05) is 5.56 Å². The number of rotatable bonds is 3. The van der Waals surface area contributed by atoms with Crippen molar-refractivity contribution in [3.05, 3.63) is 76.9 Å². The number of para-hydroxylation sites is 1. The summed E-state index contributed by atoms with van der Waals surface area (Å²) in [4.78, 5) is 0. The zero-order chi connectivity index (χ0) is 19.0. The molecule has 1 N–H and O–H groups in total. The SMILES string of the molecule is COc1ccccc1-c1c(C)c(C)c2c(c1C)NCC(c1ccccc1)O2. The van der Waals surface area contributed by atoms with E-state index in [0.29, 0.717) is 0 Å². The second-order valence-corrected chi connectivity index (χ2v) is 7.05. The van der Waals surface area contributed by atoms with Gasteiger partial charge in [-0.25, -0.2) is 0 Å². The fraction of sp³-hybridized carbons (Fsp3) is 0.250. The maximum Gasteiger partial charge on any atom is 0.146 e. The van der Waals surface area contributed by atoms with Crippen molar-refractivity contribution in [3.8, 4) is 22.6 Å². The van der Waals surface area contributed by atoms with Crippen molar-refractivity contribution in [3.63, 3.8) is 0 Å². The Morgan fingerprint density at radius 2 is 1.59 bits per heavy atom. The molecule has 138 valence electrons. The normalized spacial score (nSPS) is 15.5. The summed E-state index contributed by atoms with van der Waals surface area (Å²) in [7, 11) is 1.72. The van der Waals surface area contributed by atoms with E-state index in [1.807, 2.05) is 18.2 Å². The number of methoxy groups -OCH3 is 1. The fourth-order valence-corrected chi connectivity index (χ4v) is 3.97. The molecule has 0 spiro atoms. The van der Waals surface area contributed by atoms with Gasteiger partial charge in [-0.1, -0.05) is 48.5 Å². The van der Waals surface area contributed by atoms with Gasteiger partial charge >= 0.3 is 0 Å². The lowest BCUT2D eigenvalue weighted by Gasteiger charge is -2.32. The van der Waals surface area contributed by atoms with Crippen molar-refractivity contribution in [1.29, 1.82) is 0 Å². The van der Waals surface area contributed by atoms with Crippen molar-refractivity contribution in [2.75, 3.05) is 19.0 Å². The molecule has 27 heavy (non-hydrogen) atoms. The summed E-state index contributed by atoms with van der Waals surface area (Å²) < 4.78 is 12.1. The number of nitrogens with one attached hydrogen (secondary N) is 1. The highest BCUT2D eigenvalue weighted by Crippen LogP contribution is 2.47. The molecule has 0 aliphatic carbocycles. The highest BCUT2D eigenvalue weighted by atomic mass is 16.5. The van der Waals surface area contributed by atoms with Gasteiger partial charge in [-0.2, -0.15) is 0 Å². The minimum Gasteiger partial charge on any atom is -0.496 e. The highest BCUT2D eigenvalue weighted by molar-refractivity contribution is 5.85. The standard InChI is InChI=1S/C24H25NO2/c1-15-16(2)24-23(25-14-21(27-24)18-10-6-5-7-11-18)17(3)22(15)19-12-8-9-13-20(19)26-4/h5-13,21,25H,14H2,1-4H3. The smallest absolute Gasteiger partial charge is 0.146 e. The van der Waals surface area contributed by atoms with Crippen LogP contribution in [0.3, 0.4) is 0 Å². The Kier molecular flexibility index (Phi) is 4.53. The van der Waals surface area contributed by atoms with Crippen LogP contribution >= 0.6 is 0 Å². The molecule has 4 rings (SSSR count). The van der Waals surface area contributed by atoms with Crippen molar-refractivity contribution in [1.82, 2.24) is 0 Å². The second-order valence-electron chi connectivity index (χ2n) is 7.05. The van der Waals surface area contributed by atoms with E-state index in [-0.39, 0.29) is 6.10 Å².